The second-order valence-corrected chi connectivity index (χ2v) is 9.49. The fourth-order valence-electron chi connectivity index (χ4n) is 4.08. The van der Waals surface area contributed by atoms with Crippen molar-refractivity contribution in [3.63, 3.8) is 0 Å². The van der Waals surface area contributed by atoms with E-state index >= 15 is 0 Å². The molecule has 1 atom stereocenters. The van der Waals surface area contributed by atoms with Crippen molar-refractivity contribution in [1.29, 1.82) is 0 Å². The topological polar surface area (TPSA) is 96.8 Å². The Bertz CT molecular complexity index is 1450. The van der Waals surface area contributed by atoms with E-state index in [0.29, 0.717) is 29.4 Å². The van der Waals surface area contributed by atoms with E-state index in [0.717, 1.165) is 16.5 Å². The average Bonchev–Trinajstić information content (AvgIpc) is 2.84. The molecule has 0 unspecified atom stereocenters. The third-order valence-corrected chi connectivity index (χ3v) is 5.92. The summed E-state index contributed by atoms with van der Waals surface area (Å²) in [5.74, 6) is 0.934. The molecule has 35 heavy (non-hydrogen) atoms. The lowest BCUT2D eigenvalue weighted by Crippen LogP contribution is -2.44. The van der Waals surface area contributed by atoms with Crippen molar-refractivity contribution in [2.75, 3.05) is 18.5 Å². The minimum atomic E-state index is -0.303. The third kappa shape index (κ3) is 5.11. The Kier molecular flexibility index (Phi) is 6.00. The van der Waals surface area contributed by atoms with Gasteiger partial charge < -0.3 is 10.2 Å². The number of pyridine rings is 1. The van der Waals surface area contributed by atoms with Gasteiger partial charge >= 0.3 is 0 Å². The summed E-state index contributed by atoms with van der Waals surface area (Å²) >= 11 is 0. The van der Waals surface area contributed by atoms with Crippen LogP contribution in [0.15, 0.2) is 55.2 Å². The number of benzene rings is 1. The van der Waals surface area contributed by atoms with Gasteiger partial charge in [-0.1, -0.05) is 25.1 Å². The van der Waals surface area contributed by atoms with Gasteiger partial charge in [-0.25, -0.2) is 19.9 Å². The van der Waals surface area contributed by atoms with Gasteiger partial charge in [0.15, 0.2) is 0 Å². The molecular weight excluding hydrogens is 438 g/mol. The molecule has 0 bridgehead atoms. The van der Waals surface area contributed by atoms with Crippen molar-refractivity contribution >= 4 is 22.6 Å². The van der Waals surface area contributed by atoms with Crippen LogP contribution in [0.4, 0.5) is 5.82 Å². The van der Waals surface area contributed by atoms with Crippen molar-refractivity contribution < 1.29 is 7.54 Å². The first-order chi connectivity index (χ1) is 17.5. The molecule has 1 N–H and O–H groups in total. The number of nitrogens with zero attached hydrogens (tertiary/aromatic N) is 6. The number of rotatable bonds is 6. The van der Waals surface area contributed by atoms with E-state index in [4.69, 9.17) is 2.74 Å². The lowest BCUT2D eigenvalue weighted by atomic mass is 9.94. The Balaban J connectivity index is 1.74. The Morgan fingerprint density at radius 2 is 1.86 bits per heavy atom. The minimum Gasteiger partial charge on any atom is -0.355 e. The number of carbonyl (C=O) groups is 1. The van der Waals surface area contributed by atoms with Gasteiger partial charge in [-0.3, -0.25) is 9.78 Å². The summed E-state index contributed by atoms with van der Waals surface area (Å²) < 4.78 is 16.5. The zero-order chi connectivity index (χ0) is 26.9. The van der Waals surface area contributed by atoms with E-state index in [2.05, 4.69) is 62.8 Å². The molecule has 0 radical (unpaired) electrons. The second kappa shape index (κ2) is 9.74. The summed E-state index contributed by atoms with van der Waals surface area (Å²) in [6.45, 7) is 10.7. The van der Waals surface area contributed by atoms with Gasteiger partial charge in [-0.05, 0) is 39.3 Å². The molecule has 1 aromatic carbocycles. The van der Waals surface area contributed by atoms with Crippen molar-refractivity contribution in [2.45, 2.75) is 46.1 Å². The molecule has 8 nitrogen and oxygen atoms in total. The maximum absolute atomic E-state index is 12.4. The van der Waals surface area contributed by atoms with Crippen LogP contribution in [0.25, 0.3) is 22.2 Å². The van der Waals surface area contributed by atoms with E-state index in [1.807, 2.05) is 18.2 Å². The van der Waals surface area contributed by atoms with Crippen molar-refractivity contribution in [3.05, 3.63) is 72.2 Å². The number of hydrogen-bond acceptors (Lipinski definition) is 7. The van der Waals surface area contributed by atoms with E-state index < -0.39 is 0 Å². The highest BCUT2D eigenvalue weighted by atomic mass is 16.1. The molecule has 8 heteroatoms. The lowest BCUT2D eigenvalue weighted by Gasteiger charge is -2.38. The number of fused-ring (bicyclic) bond motifs is 1. The molecular formula is C27H31N7O. The van der Waals surface area contributed by atoms with E-state index in [-0.39, 0.29) is 35.3 Å². The second-order valence-electron chi connectivity index (χ2n) is 9.49. The van der Waals surface area contributed by atoms with Crippen LogP contribution in [-0.2, 0) is 0 Å². The van der Waals surface area contributed by atoms with Crippen LogP contribution in [0.5, 0.6) is 0 Å². The summed E-state index contributed by atoms with van der Waals surface area (Å²) in [5, 5.41) is 3.51. The maximum Gasteiger partial charge on any atom is 0.251 e. The normalized spacial score (nSPS) is 13.2. The maximum atomic E-state index is 12.4. The first-order valence-corrected chi connectivity index (χ1v) is 11.5. The largest absolute Gasteiger partial charge is 0.355 e. The highest BCUT2D eigenvalue weighted by Gasteiger charge is 2.27. The molecule has 180 valence electrons. The average molecular weight is 472 g/mol. The van der Waals surface area contributed by atoms with Crippen LogP contribution in [0.2, 0.25) is 0 Å². The Hall–Kier alpha value is -3.94. The molecule has 1 amide bonds. The molecule has 3 heterocycles. The number of nitrogens with one attached hydrogen (secondary N) is 1. The molecule has 4 aromatic rings. The third-order valence-electron chi connectivity index (χ3n) is 5.92. The predicted molar refractivity (Wildman–Crippen MR) is 138 cm³/mol. The van der Waals surface area contributed by atoms with E-state index in [1.54, 1.807) is 32.3 Å². The Morgan fingerprint density at radius 3 is 2.54 bits per heavy atom. The number of carbonyl (C=O) groups excluding carboxylic acids is 1. The number of aromatic nitrogens is 5. The van der Waals surface area contributed by atoms with Gasteiger partial charge in [-0.2, -0.15) is 0 Å². The van der Waals surface area contributed by atoms with Gasteiger partial charge in [0.05, 0.1) is 19.5 Å². The highest BCUT2D eigenvalue weighted by molar-refractivity contribution is 6.06. The SMILES string of the molecule is [2H]c1nc(C)nc([2H])c1-c1cc(N(C[C@@H](C)c2cccc3c(C(=O)NC)ccnc23)C(C)(C)C)ncn1. The molecule has 0 fully saturated rings. The number of anilines is 1. The van der Waals surface area contributed by atoms with Crippen molar-refractivity contribution in [1.82, 2.24) is 30.2 Å². The monoisotopic (exact) mass is 471 g/mol. The van der Waals surface area contributed by atoms with Crippen molar-refractivity contribution in [2.24, 2.45) is 0 Å². The molecule has 4 rings (SSSR count). The van der Waals surface area contributed by atoms with Gasteiger partial charge in [0.25, 0.3) is 5.91 Å². The number of hydrogen-bond donors (Lipinski definition) is 1. The minimum absolute atomic E-state index is 0.0356. The molecule has 0 aliphatic carbocycles. The van der Waals surface area contributed by atoms with Crippen LogP contribution in [0.3, 0.4) is 0 Å². The van der Waals surface area contributed by atoms with Gasteiger partial charge in [-0.15, -0.1) is 0 Å². The van der Waals surface area contributed by atoms with Crippen LogP contribution in [0, 0.1) is 6.92 Å². The first kappa shape index (κ1) is 21.6. The fourth-order valence-corrected chi connectivity index (χ4v) is 4.08. The summed E-state index contributed by atoms with van der Waals surface area (Å²) in [7, 11) is 1.62. The van der Waals surface area contributed by atoms with Crippen molar-refractivity contribution in [3.8, 4) is 11.3 Å². The molecule has 0 aliphatic heterocycles. The Labute approximate surface area is 208 Å². The van der Waals surface area contributed by atoms with Crippen LogP contribution in [-0.4, -0.2) is 50.0 Å². The predicted octanol–water partition coefficient (Wildman–Crippen LogP) is 4.56. The molecule has 0 saturated carbocycles. The lowest BCUT2D eigenvalue weighted by molar-refractivity contribution is 0.0964. The first-order valence-electron chi connectivity index (χ1n) is 12.5. The fraction of sp³-hybridized carbons (Fsp3) is 0.333. The standard InChI is InChI=1S/C27H31N7O/c1-17(20-8-7-9-21-22(26(35)28-6)10-11-29-25(20)21)15-34(27(3,4)5)24-12-23(32-16-33-24)19-13-30-18(2)31-14-19/h7-14,16-17H,15H2,1-6H3,(H,28,35)/t17-/m1/s1/i13D,14D. The molecule has 3 aromatic heterocycles. The van der Waals surface area contributed by atoms with Crippen LogP contribution < -0.4 is 10.2 Å². The molecule has 0 spiro atoms. The van der Waals surface area contributed by atoms with Gasteiger partial charge in [0, 0.05) is 60.6 Å². The van der Waals surface area contributed by atoms with Crippen LogP contribution in [0.1, 0.15) is 58.1 Å². The highest BCUT2D eigenvalue weighted by Crippen LogP contribution is 2.31. The van der Waals surface area contributed by atoms with E-state index in [1.165, 1.54) is 6.33 Å². The van der Waals surface area contributed by atoms with Crippen LogP contribution >= 0.6 is 0 Å². The zero-order valence-electron chi connectivity index (χ0n) is 22.9. The molecule has 0 saturated heterocycles. The van der Waals surface area contributed by atoms with Gasteiger partial charge in [0.2, 0.25) is 0 Å². The Morgan fingerprint density at radius 1 is 1.11 bits per heavy atom. The number of amides is 1. The van der Waals surface area contributed by atoms with Gasteiger partial charge in [0.1, 0.15) is 18.0 Å². The number of para-hydroxylation sites is 1. The summed E-state index contributed by atoms with van der Waals surface area (Å²) in [4.78, 5) is 36.3. The smallest absolute Gasteiger partial charge is 0.251 e. The summed E-state index contributed by atoms with van der Waals surface area (Å²) in [5.41, 5.74) is 2.82. The molecule has 0 aliphatic rings. The van der Waals surface area contributed by atoms with E-state index in [9.17, 15) is 4.79 Å². The number of aryl methyl sites for hydroxylation is 1. The summed E-state index contributed by atoms with van der Waals surface area (Å²) in [6, 6.07) is 9.43. The summed E-state index contributed by atoms with van der Waals surface area (Å²) in [6.07, 6.45) is 3.04. The zero-order valence-corrected chi connectivity index (χ0v) is 20.9. The quantitative estimate of drug-likeness (QED) is 0.440.